The lowest BCUT2D eigenvalue weighted by molar-refractivity contribution is -0.115. The van der Waals surface area contributed by atoms with Gasteiger partial charge < -0.3 is 15.4 Å². The summed E-state index contributed by atoms with van der Waals surface area (Å²) in [7, 11) is 1.92. The number of hydrogen-bond acceptors (Lipinski definition) is 3. The van der Waals surface area contributed by atoms with Gasteiger partial charge in [-0.15, -0.1) is 0 Å². The van der Waals surface area contributed by atoms with Crippen molar-refractivity contribution in [3.05, 3.63) is 28.3 Å². The molecule has 19 heavy (non-hydrogen) atoms. The van der Waals surface area contributed by atoms with Gasteiger partial charge in [0.2, 0.25) is 5.91 Å². The Morgan fingerprint density at radius 3 is 3.05 bits per heavy atom. The SMILES string of the molecule is CNC(c1cc2c(cc1Cl)NC(=O)C2)C1CCCO1. The average Bonchev–Trinajstić information content (AvgIpc) is 2.99. The Balaban J connectivity index is 1.95. The van der Waals surface area contributed by atoms with Crippen molar-refractivity contribution in [1.82, 2.24) is 5.32 Å². The predicted molar refractivity (Wildman–Crippen MR) is 74.6 cm³/mol. The molecule has 3 rings (SSSR count). The highest BCUT2D eigenvalue weighted by Crippen LogP contribution is 2.36. The van der Waals surface area contributed by atoms with Crippen molar-refractivity contribution in [1.29, 1.82) is 0 Å². The first-order valence-corrected chi connectivity index (χ1v) is 6.98. The number of carbonyl (C=O) groups is 1. The number of hydrogen-bond donors (Lipinski definition) is 2. The van der Waals surface area contributed by atoms with Crippen LogP contribution in [0.4, 0.5) is 5.69 Å². The minimum Gasteiger partial charge on any atom is -0.376 e. The highest BCUT2D eigenvalue weighted by molar-refractivity contribution is 6.32. The van der Waals surface area contributed by atoms with Gasteiger partial charge >= 0.3 is 0 Å². The highest BCUT2D eigenvalue weighted by atomic mass is 35.5. The zero-order valence-corrected chi connectivity index (χ0v) is 11.6. The maximum absolute atomic E-state index is 11.4. The molecule has 2 N–H and O–H groups in total. The second kappa shape index (κ2) is 5.12. The fraction of sp³-hybridized carbons (Fsp3) is 0.500. The molecule has 2 aliphatic rings. The number of fused-ring (bicyclic) bond motifs is 1. The summed E-state index contributed by atoms with van der Waals surface area (Å²) in [6.45, 7) is 0.811. The molecule has 0 spiro atoms. The molecule has 0 radical (unpaired) electrons. The number of benzene rings is 1. The number of likely N-dealkylation sites (N-methyl/N-ethyl adjacent to an activating group) is 1. The first-order chi connectivity index (χ1) is 9.19. The molecule has 0 aliphatic carbocycles. The van der Waals surface area contributed by atoms with Crippen molar-refractivity contribution in [3.63, 3.8) is 0 Å². The minimum absolute atomic E-state index is 0.0290. The van der Waals surface area contributed by atoms with Crippen molar-refractivity contribution < 1.29 is 9.53 Å². The Hall–Kier alpha value is -1.10. The molecule has 5 heteroatoms. The Morgan fingerprint density at radius 1 is 1.53 bits per heavy atom. The fourth-order valence-electron chi connectivity index (χ4n) is 2.91. The molecule has 102 valence electrons. The Bertz CT molecular complexity index is 512. The molecule has 0 saturated carbocycles. The van der Waals surface area contributed by atoms with Crippen LogP contribution in [0.3, 0.4) is 0 Å². The lowest BCUT2D eigenvalue weighted by Gasteiger charge is -2.24. The molecule has 2 aliphatic heterocycles. The van der Waals surface area contributed by atoms with Crippen LogP contribution in [0.5, 0.6) is 0 Å². The quantitative estimate of drug-likeness (QED) is 0.893. The Labute approximate surface area is 117 Å². The standard InChI is InChI=1S/C14H17ClN2O2/c1-16-14(12-3-2-4-19-12)9-5-8-6-13(18)17-11(8)7-10(9)15/h5,7,12,14,16H,2-4,6H2,1H3,(H,17,18). The van der Waals surface area contributed by atoms with Crippen LogP contribution in [0.15, 0.2) is 12.1 Å². The summed E-state index contributed by atoms with van der Waals surface area (Å²) in [6.07, 6.45) is 2.72. The third-order valence-electron chi connectivity index (χ3n) is 3.83. The molecule has 4 nitrogen and oxygen atoms in total. The predicted octanol–water partition coefficient (Wildman–Crippen LogP) is 2.27. The number of amides is 1. The molecule has 2 unspecified atom stereocenters. The van der Waals surface area contributed by atoms with Crippen LogP contribution in [-0.4, -0.2) is 25.7 Å². The molecular weight excluding hydrogens is 264 g/mol. The molecule has 0 aromatic heterocycles. The van der Waals surface area contributed by atoms with E-state index in [9.17, 15) is 4.79 Å². The number of anilines is 1. The molecule has 1 fully saturated rings. The van der Waals surface area contributed by atoms with Crippen LogP contribution in [0, 0.1) is 0 Å². The number of ether oxygens (including phenoxy) is 1. The Morgan fingerprint density at radius 2 is 2.37 bits per heavy atom. The van der Waals surface area contributed by atoms with Gasteiger partial charge in [0.1, 0.15) is 0 Å². The molecule has 1 aromatic carbocycles. The van der Waals surface area contributed by atoms with Gasteiger partial charge in [-0.3, -0.25) is 4.79 Å². The first-order valence-electron chi connectivity index (χ1n) is 6.60. The minimum atomic E-state index is 0.0290. The van der Waals surface area contributed by atoms with Gasteiger partial charge in [0.15, 0.2) is 0 Å². The second-order valence-corrected chi connectivity index (χ2v) is 5.48. The lowest BCUT2D eigenvalue weighted by atomic mass is 9.96. The third-order valence-corrected chi connectivity index (χ3v) is 4.16. The summed E-state index contributed by atoms with van der Waals surface area (Å²) >= 11 is 6.36. The summed E-state index contributed by atoms with van der Waals surface area (Å²) in [6, 6.07) is 3.95. The van der Waals surface area contributed by atoms with Crippen LogP contribution in [-0.2, 0) is 16.0 Å². The van der Waals surface area contributed by atoms with Crippen molar-refractivity contribution in [2.45, 2.75) is 31.4 Å². The van der Waals surface area contributed by atoms with E-state index < -0.39 is 0 Å². The van der Waals surface area contributed by atoms with Gasteiger partial charge in [-0.2, -0.15) is 0 Å². The van der Waals surface area contributed by atoms with E-state index in [1.807, 2.05) is 19.2 Å². The summed E-state index contributed by atoms with van der Waals surface area (Å²) in [5.74, 6) is 0.0290. The van der Waals surface area contributed by atoms with E-state index in [1.165, 1.54) is 0 Å². The van der Waals surface area contributed by atoms with Crippen LogP contribution in [0.2, 0.25) is 5.02 Å². The second-order valence-electron chi connectivity index (χ2n) is 5.07. The van der Waals surface area contributed by atoms with Gasteiger partial charge in [-0.1, -0.05) is 17.7 Å². The number of nitrogens with one attached hydrogen (secondary N) is 2. The van der Waals surface area contributed by atoms with Gasteiger partial charge in [0.05, 0.1) is 18.6 Å². The normalized spacial score (nSPS) is 23.3. The van der Waals surface area contributed by atoms with Crippen LogP contribution in [0.25, 0.3) is 0 Å². The summed E-state index contributed by atoms with van der Waals surface area (Å²) in [4.78, 5) is 11.4. The fourth-order valence-corrected chi connectivity index (χ4v) is 3.19. The third kappa shape index (κ3) is 2.36. The molecular formula is C14H17ClN2O2. The maximum atomic E-state index is 11.4. The summed E-state index contributed by atoms with van der Waals surface area (Å²) in [5.41, 5.74) is 2.87. The monoisotopic (exact) mass is 280 g/mol. The number of carbonyl (C=O) groups excluding carboxylic acids is 1. The van der Waals surface area contributed by atoms with Crippen LogP contribution < -0.4 is 10.6 Å². The molecule has 1 aromatic rings. The lowest BCUT2D eigenvalue weighted by Crippen LogP contribution is -2.29. The maximum Gasteiger partial charge on any atom is 0.228 e. The van der Waals surface area contributed by atoms with Gasteiger partial charge in [0.25, 0.3) is 0 Å². The number of rotatable bonds is 3. The van der Waals surface area contributed by atoms with E-state index >= 15 is 0 Å². The van der Waals surface area contributed by atoms with E-state index in [1.54, 1.807) is 0 Å². The Kier molecular flexibility index (Phi) is 3.48. The molecule has 0 bridgehead atoms. The van der Waals surface area contributed by atoms with Crippen molar-refractivity contribution in [3.8, 4) is 0 Å². The number of halogens is 1. The van der Waals surface area contributed by atoms with Gasteiger partial charge in [-0.25, -0.2) is 0 Å². The van der Waals surface area contributed by atoms with Crippen molar-refractivity contribution >= 4 is 23.2 Å². The molecule has 2 heterocycles. The van der Waals surface area contributed by atoms with Crippen LogP contribution in [0.1, 0.15) is 30.0 Å². The van der Waals surface area contributed by atoms with E-state index in [0.717, 1.165) is 36.3 Å². The summed E-state index contributed by atoms with van der Waals surface area (Å²) in [5, 5.41) is 6.78. The molecule has 2 atom stereocenters. The zero-order chi connectivity index (χ0) is 13.4. The average molecular weight is 281 g/mol. The van der Waals surface area contributed by atoms with E-state index in [4.69, 9.17) is 16.3 Å². The van der Waals surface area contributed by atoms with E-state index in [-0.39, 0.29) is 18.1 Å². The first kappa shape index (κ1) is 12.9. The van der Waals surface area contributed by atoms with E-state index in [2.05, 4.69) is 10.6 Å². The smallest absolute Gasteiger partial charge is 0.228 e. The van der Waals surface area contributed by atoms with E-state index in [0.29, 0.717) is 11.4 Å². The highest BCUT2D eigenvalue weighted by Gasteiger charge is 2.29. The largest absolute Gasteiger partial charge is 0.376 e. The molecule has 1 saturated heterocycles. The topological polar surface area (TPSA) is 50.4 Å². The molecule has 1 amide bonds. The summed E-state index contributed by atoms with van der Waals surface area (Å²) < 4.78 is 5.75. The van der Waals surface area contributed by atoms with Gasteiger partial charge in [-0.05, 0) is 37.1 Å². The van der Waals surface area contributed by atoms with Gasteiger partial charge in [0, 0.05) is 17.3 Å². The van der Waals surface area contributed by atoms with Crippen LogP contribution >= 0.6 is 11.6 Å². The zero-order valence-electron chi connectivity index (χ0n) is 10.8. The van der Waals surface area contributed by atoms with Crippen molar-refractivity contribution in [2.24, 2.45) is 0 Å². The van der Waals surface area contributed by atoms with Crippen molar-refractivity contribution in [2.75, 3.05) is 19.0 Å².